The minimum atomic E-state index is -0.808. The number of benzene rings is 2. The van der Waals surface area contributed by atoms with E-state index in [4.69, 9.17) is 0 Å². The summed E-state index contributed by atoms with van der Waals surface area (Å²) in [7, 11) is 0. The van der Waals surface area contributed by atoms with Crippen molar-refractivity contribution in [1.29, 1.82) is 0 Å². The number of hydrogen-bond donors (Lipinski definition) is 2. The van der Waals surface area contributed by atoms with Crippen molar-refractivity contribution in [3.63, 3.8) is 0 Å². The first-order chi connectivity index (χ1) is 18.2. The lowest BCUT2D eigenvalue weighted by molar-refractivity contribution is -0.143. The second-order valence-corrected chi connectivity index (χ2v) is 11.3. The number of thiazole rings is 1. The molecular weight excluding hydrogens is 500 g/mol. The fourth-order valence-corrected chi connectivity index (χ4v) is 6.07. The third-order valence-corrected chi connectivity index (χ3v) is 8.24. The third-order valence-electron chi connectivity index (χ3n) is 7.42. The van der Waals surface area contributed by atoms with Gasteiger partial charge in [0.2, 0.25) is 11.8 Å². The number of fused-ring (bicyclic) bond motifs is 1. The van der Waals surface area contributed by atoms with Crippen LogP contribution >= 0.6 is 11.3 Å². The van der Waals surface area contributed by atoms with Crippen molar-refractivity contribution in [2.45, 2.75) is 58.0 Å². The largest absolute Gasteiger partial charge is 0.391 e. The van der Waals surface area contributed by atoms with Crippen LogP contribution in [-0.2, 0) is 16.1 Å². The number of β-amino-alcohol motifs (C(OH)–C–C–N with tert-alkyl or cyclic N) is 1. The maximum absolute atomic E-state index is 13.9. The van der Waals surface area contributed by atoms with Crippen LogP contribution in [0.3, 0.4) is 0 Å². The maximum Gasteiger partial charge on any atom is 0.255 e. The molecule has 8 nitrogen and oxygen atoms in total. The Labute approximate surface area is 226 Å². The van der Waals surface area contributed by atoms with Crippen LogP contribution in [0.4, 0.5) is 0 Å². The summed E-state index contributed by atoms with van der Waals surface area (Å²) in [5, 5.41) is 13.5. The van der Waals surface area contributed by atoms with Gasteiger partial charge in [-0.3, -0.25) is 19.4 Å². The van der Waals surface area contributed by atoms with Crippen molar-refractivity contribution in [3.05, 3.63) is 76.9 Å². The number of likely N-dealkylation sites (tertiary alicyclic amines) is 1. The standard InChI is InChI=1S/C29H32N4O4S/c1-17(2)26(33-14-21-6-4-5-7-23(21)28(33)36)29(37)32-15-22(34)12-24(32)27(35)31-18(3)19-8-10-20(11-9-19)25-13-30-16-38-25/h4-11,13,16-18,22,24,26,34H,12,14-15H2,1-3H3,(H,31,35)/t18-,22+,24-,26-/m0/s1. The number of rotatable bonds is 7. The lowest BCUT2D eigenvalue weighted by atomic mass is 10.00. The molecule has 3 aromatic rings. The van der Waals surface area contributed by atoms with E-state index in [-0.39, 0.29) is 42.6 Å². The number of amides is 3. The summed E-state index contributed by atoms with van der Waals surface area (Å²) in [6.45, 7) is 6.11. The van der Waals surface area contributed by atoms with Crippen LogP contribution in [0.25, 0.3) is 10.4 Å². The molecule has 0 saturated carbocycles. The molecule has 9 heteroatoms. The number of aliphatic hydroxyl groups is 1. The number of carbonyl (C=O) groups is 3. The van der Waals surface area contributed by atoms with Crippen LogP contribution in [0, 0.1) is 5.92 Å². The third kappa shape index (κ3) is 4.96. The van der Waals surface area contributed by atoms with Gasteiger partial charge in [0.1, 0.15) is 12.1 Å². The molecule has 2 N–H and O–H groups in total. The van der Waals surface area contributed by atoms with Gasteiger partial charge in [-0.25, -0.2) is 0 Å². The quantitative estimate of drug-likeness (QED) is 0.484. The number of aromatic nitrogens is 1. The van der Waals surface area contributed by atoms with Gasteiger partial charge < -0.3 is 20.2 Å². The minimum Gasteiger partial charge on any atom is -0.391 e. The Morgan fingerprint density at radius 2 is 1.84 bits per heavy atom. The summed E-state index contributed by atoms with van der Waals surface area (Å²) in [6.07, 6.45) is 1.18. The Hall–Kier alpha value is -3.56. The Morgan fingerprint density at radius 3 is 2.50 bits per heavy atom. The summed E-state index contributed by atoms with van der Waals surface area (Å²) in [6, 6.07) is 13.5. The van der Waals surface area contributed by atoms with Crippen molar-refractivity contribution in [3.8, 4) is 10.4 Å². The Bertz CT molecular complexity index is 1320. The number of nitrogens with zero attached hydrogens (tertiary/aromatic N) is 3. The van der Waals surface area contributed by atoms with E-state index in [1.165, 1.54) is 4.90 Å². The first kappa shape index (κ1) is 26.1. The Morgan fingerprint density at radius 1 is 1.11 bits per heavy atom. The van der Waals surface area contributed by atoms with Crippen molar-refractivity contribution >= 4 is 29.1 Å². The molecule has 0 bridgehead atoms. The van der Waals surface area contributed by atoms with Crippen molar-refractivity contribution in [2.24, 2.45) is 5.92 Å². The number of hydrogen-bond acceptors (Lipinski definition) is 6. The fraction of sp³-hybridized carbons (Fsp3) is 0.379. The average Bonchev–Trinajstić information content (AvgIpc) is 3.64. The van der Waals surface area contributed by atoms with Crippen molar-refractivity contribution in [2.75, 3.05) is 6.54 Å². The SMILES string of the molecule is CC(C)[C@@H](C(=O)N1C[C@H](O)C[C@H]1C(=O)N[C@@H](C)c1ccc(-c2cncs2)cc1)N1Cc2ccccc2C1=O. The lowest BCUT2D eigenvalue weighted by Crippen LogP contribution is -2.55. The van der Waals surface area contributed by atoms with Gasteiger partial charge >= 0.3 is 0 Å². The summed E-state index contributed by atoms with van der Waals surface area (Å²) < 4.78 is 0. The van der Waals surface area contributed by atoms with Crippen LogP contribution in [0.2, 0.25) is 0 Å². The van der Waals surface area contributed by atoms with Crippen LogP contribution in [0.15, 0.2) is 60.2 Å². The first-order valence-corrected chi connectivity index (χ1v) is 13.8. The number of nitrogens with one attached hydrogen (secondary N) is 1. The second kappa shape index (κ2) is 10.7. The molecule has 38 heavy (non-hydrogen) atoms. The second-order valence-electron chi connectivity index (χ2n) is 10.4. The molecule has 2 aliphatic heterocycles. The van der Waals surface area contributed by atoms with Gasteiger partial charge in [-0.2, -0.15) is 0 Å². The van der Waals surface area contributed by atoms with Crippen molar-refractivity contribution < 1.29 is 19.5 Å². The maximum atomic E-state index is 13.9. The van der Waals surface area contributed by atoms with E-state index in [1.807, 2.05) is 69.4 Å². The topological polar surface area (TPSA) is 103 Å². The molecule has 3 heterocycles. The summed E-state index contributed by atoms with van der Waals surface area (Å²) in [4.78, 5) is 48.7. The van der Waals surface area contributed by atoms with Gasteiger partial charge in [-0.15, -0.1) is 11.3 Å². The summed E-state index contributed by atoms with van der Waals surface area (Å²) >= 11 is 1.56. The van der Waals surface area contributed by atoms with Gasteiger partial charge in [0.05, 0.1) is 22.5 Å². The van der Waals surface area contributed by atoms with E-state index >= 15 is 0 Å². The highest BCUT2D eigenvalue weighted by Crippen LogP contribution is 2.30. The molecule has 1 aromatic heterocycles. The zero-order valence-corrected chi connectivity index (χ0v) is 22.5. The highest BCUT2D eigenvalue weighted by Gasteiger charge is 2.46. The highest BCUT2D eigenvalue weighted by atomic mass is 32.1. The molecule has 5 rings (SSSR count). The van der Waals surface area contributed by atoms with E-state index in [9.17, 15) is 19.5 Å². The highest BCUT2D eigenvalue weighted by molar-refractivity contribution is 7.13. The summed E-state index contributed by atoms with van der Waals surface area (Å²) in [5.41, 5.74) is 5.28. The molecule has 198 valence electrons. The zero-order chi connectivity index (χ0) is 27.0. The van der Waals surface area contributed by atoms with Crippen LogP contribution in [-0.4, -0.2) is 62.3 Å². The van der Waals surface area contributed by atoms with Gasteiger partial charge in [-0.05, 0) is 35.6 Å². The van der Waals surface area contributed by atoms with E-state index < -0.39 is 18.2 Å². The van der Waals surface area contributed by atoms with E-state index in [0.29, 0.717) is 12.1 Å². The van der Waals surface area contributed by atoms with Gasteiger partial charge in [0, 0.05) is 31.3 Å². The van der Waals surface area contributed by atoms with Gasteiger partial charge in [0.25, 0.3) is 5.91 Å². The molecule has 0 aliphatic carbocycles. The number of aliphatic hydroxyl groups excluding tert-OH is 1. The average molecular weight is 533 g/mol. The van der Waals surface area contributed by atoms with Gasteiger partial charge in [0.15, 0.2) is 0 Å². The Balaban J connectivity index is 1.30. The molecule has 0 unspecified atom stereocenters. The number of carbonyl (C=O) groups excluding carboxylic acids is 3. The van der Waals surface area contributed by atoms with Crippen LogP contribution in [0.5, 0.6) is 0 Å². The molecule has 4 atom stereocenters. The van der Waals surface area contributed by atoms with Crippen LogP contribution < -0.4 is 5.32 Å². The summed E-state index contributed by atoms with van der Waals surface area (Å²) in [5.74, 6) is -0.964. The Kier molecular flexibility index (Phi) is 7.32. The van der Waals surface area contributed by atoms with Crippen LogP contribution in [0.1, 0.15) is 54.7 Å². The monoisotopic (exact) mass is 532 g/mol. The molecule has 3 amide bonds. The van der Waals surface area contributed by atoms with E-state index in [0.717, 1.165) is 21.6 Å². The predicted molar refractivity (Wildman–Crippen MR) is 145 cm³/mol. The predicted octanol–water partition coefficient (Wildman–Crippen LogP) is 3.63. The zero-order valence-electron chi connectivity index (χ0n) is 21.7. The smallest absolute Gasteiger partial charge is 0.255 e. The van der Waals surface area contributed by atoms with E-state index in [2.05, 4.69) is 10.3 Å². The normalized spacial score (nSPS) is 20.5. The molecular formula is C29H32N4O4S. The molecule has 2 aliphatic rings. The minimum absolute atomic E-state index is 0.0625. The lowest BCUT2D eigenvalue weighted by Gasteiger charge is -2.35. The van der Waals surface area contributed by atoms with E-state index in [1.54, 1.807) is 27.8 Å². The van der Waals surface area contributed by atoms with Crippen molar-refractivity contribution in [1.82, 2.24) is 20.1 Å². The molecule has 0 spiro atoms. The molecule has 1 saturated heterocycles. The molecule has 0 radical (unpaired) electrons. The van der Waals surface area contributed by atoms with Gasteiger partial charge in [-0.1, -0.05) is 56.3 Å². The fourth-order valence-electron chi connectivity index (χ4n) is 5.44. The molecule has 1 fully saturated rings. The first-order valence-electron chi connectivity index (χ1n) is 12.9. The molecule has 2 aromatic carbocycles.